The highest BCUT2D eigenvalue weighted by Crippen LogP contribution is 2.31. The van der Waals surface area contributed by atoms with Gasteiger partial charge in [-0.25, -0.2) is 4.98 Å². The molecule has 2 heterocycles. The van der Waals surface area contributed by atoms with Gasteiger partial charge < -0.3 is 0 Å². The number of imidazole rings is 1. The number of halogens is 1. The molecular formula is C22H14ClN3. The van der Waals surface area contributed by atoms with Gasteiger partial charge in [-0.05, 0) is 35.4 Å². The summed E-state index contributed by atoms with van der Waals surface area (Å²) in [4.78, 5) is 9.10. The third-order valence-electron chi connectivity index (χ3n) is 4.59. The predicted octanol–water partition coefficient (Wildman–Crippen LogP) is 5.89. The number of benzene rings is 3. The Hall–Kier alpha value is -3.17. The second-order valence-electron chi connectivity index (χ2n) is 6.16. The zero-order valence-electron chi connectivity index (χ0n) is 13.8. The van der Waals surface area contributed by atoms with Gasteiger partial charge in [0.05, 0.1) is 27.9 Å². The maximum Gasteiger partial charge on any atom is 0.108 e. The van der Waals surface area contributed by atoms with Crippen LogP contribution in [0.5, 0.6) is 0 Å². The minimum absolute atomic E-state index is 0.691. The lowest BCUT2D eigenvalue weighted by molar-refractivity contribution is 1.10. The van der Waals surface area contributed by atoms with Crippen LogP contribution in [0.3, 0.4) is 0 Å². The van der Waals surface area contributed by atoms with Crippen LogP contribution in [-0.4, -0.2) is 14.5 Å². The van der Waals surface area contributed by atoms with E-state index in [0.717, 1.165) is 33.2 Å². The maximum atomic E-state index is 6.43. The van der Waals surface area contributed by atoms with Crippen LogP contribution in [0.15, 0.2) is 85.3 Å². The van der Waals surface area contributed by atoms with Crippen molar-refractivity contribution in [1.29, 1.82) is 0 Å². The molecule has 0 bridgehead atoms. The Balaban J connectivity index is 1.84. The first-order valence-electron chi connectivity index (χ1n) is 8.37. The molecule has 0 radical (unpaired) electrons. The van der Waals surface area contributed by atoms with Crippen molar-refractivity contribution in [2.24, 2.45) is 0 Å². The van der Waals surface area contributed by atoms with Gasteiger partial charge in [0.25, 0.3) is 0 Å². The lowest BCUT2D eigenvalue weighted by Gasteiger charge is -2.09. The Morgan fingerprint density at radius 2 is 1.54 bits per heavy atom. The van der Waals surface area contributed by atoms with Gasteiger partial charge in [0.15, 0.2) is 0 Å². The number of pyridine rings is 1. The summed E-state index contributed by atoms with van der Waals surface area (Å²) in [5.41, 5.74) is 6.04. The van der Waals surface area contributed by atoms with Crippen LogP contribution in [-0.2, 0) is 0 Å². The predicted molar refractivity (Wildman–Crippen MR) is 107 cm³/mol. The minimum atomic E-state index is 0.691. The first kappa shape index (κ1) is 15.1. The van der Waals surface area contributed by atoms with E-state index in [1.807, 2.05) is 59.6 Å². The molecule has 124 valence electrons. The molecule has 0 saturated carbocycles. The Morgan fingerprint density at radius 3 is 2.38 bits per heavy atom. The summed E-state index contributed by atoms with van der Waals surface area (Å²) in [6.07, 6.45) is 3.62. The lowest BCUT2D eigenvalue weighted by atomic mass is 10.0. The van der Waals surface area contributed by atoms with E-state index in [4.69, 9.17) is 11.6 Å². The highest BCUT2D eigenvalue weighted by atomic mass is 35.5. The molecule has 5 rings (SSSR count). The van der Waals surface area contributed by atoms with Gasteiger partial charge in [0.2, 0.25) is 0 Å². The number of fused-ring (bicyclic) bond motifs is 3. The fourth-order valence-electron chi connectivity index (χ4n) is 3.33. The highest BCUT2D eigenvalue weighted by Gasteiger charge is 2.12. The van der Waals surface area contributed by atoms with Crippen molar-refractivity contribution < 1.29 is 0 Å². The zero-order chi connectivity index (χ0) is 17.5. The Morgan fingerprint density at radius 1 is 0.731 bits per heavy atom. The summed E-state index contributed by atoms with van der Waals surface area (Å²) in [5.74, 6) is 0. The van der Waals surface area contributed by atoms with Crippen LogP contribution < -0.4 is 0 Å². The normalized spacial score (nSPS) is 11.3. The molecule has 0 unspecified atom stereocenters. The summed E-state index contributed by atoms with van der Waals surface area (Å²) < 4.78 is 2.04. The van der Waals surface area contributed by atoms with Crippen LogP contribution in [0.1, 0.15) is 0 Å². The molecule has 5 aromatic rings. The van der Waals surface area contributed by atoms with E-state index in [0.29, 0.717) is 5.02 Å². The van der Waals surface area contributed by atoms with Crippen molar-refractivity contribution in [3.8, 4) is 16.8 Å². The standard InChI is InChI=1S/C22H14ClN3/c23-18-8-4-5-9-21(18)26-14-25-20-13-24-19-11-10-16(12-17(19)22(20)26)15-6-2-1-3-7-15/h1-14H. The molecular weight excluding hydrogens is 342 g/mol. The van der Waals surface area contributed by atoms with Crippen LogP contribution >= 0.6 is 11.6 Å². The van der Waals surface area contributed by atoms with E-state index in [2.05, 4.69) is 40.3 Å². The van der Waals surface area contributed by atoms with Crippen LogP contribution in [0.2, 0.25) is 5.02 Å². The number of aromatic nitrogens is 3. The number of para-hydroxylation sites is 1. The third kappa shape index (κ3) is 2.37. The maximum absolute atomic E-state index is 6.43. The largest absolute Gasteiger partial charge is 0.297 e. The molecule has 3 aromatic carbocycles. The molecule has 0 saturated heterocycles. The van der Waals surface area contributed by atoms with E-state index in [1.165, 1.54) is 5.56 Å². The van der Waals surface area contributed by atoms with Crippen molar-refractivity contribution >= 4 is 33.5 Å². The fraction of sp³-hybridized carbons (Fsp3) is 0. The highest BCUT2D eigenvalue weighted by molar-refractivity contribution is 6.32. The summed E-state index contributed by atoms with van der Waals surface area (Å²) >= 11 is 6.43. The van der Waals surface area contributed by atoms with E-state index in [1.54, 1.807) is 0 Å². The van der Waals surface area contributed by atoms with Crippen LogP contribution in [0.25, 0.3) is 38.8 Å². The Bertz CT molecular complexity index is 1240. The van der Waals surface area contributed by atoms with Crippen molar-refractivity contribution in [2.45, 2.75) is 0 Å². The van der Waals surface area contributed by atoms with Crippen molar-refractivity contribution in [2.75, 3.05) is 0 Å². The number of nitrogens with zero attached hydrogens (tertiary/aromatic N) is 3. The topological polar surface area (TPSA) is 30.7 Å². The quantitative estimate of drug-likeness (QED) is 0.395. The Labute approximate surface area is 155 Å². The average molecular weight is 356 g/mol. The molecule has 0 aliphatic carbocycles. The molecule has 0 aliphatic rings. The smallest absolute Gasteiger partial charge is 0.108 e. The van der Waals surface area contributed by atoms with Gasteiger partial charge in [0.1, 0.15) is 11.8 Å². The first-order valence-corrected chi connectivity index (χ1v) is 8.75. The average Bonchev–Trinajstić information content (AvgIpc) is 3.13. The van der Waals surface area contributed by atoms with Gasteiger partial charge in [-0.1, -0.05) is 60.1 Å². The molecule has 0 spiro atoms. The summed E-state index contributed by atoms with van der Waals surface area (Å²) in [7, 11) is 0. The molecule has 26 heavy (non-hydrogen) atoms. The number of rotatable bonds is 2. The zero-order valence-corrected chi connectivity index (χ0v) is 14.6. The van der Waals surface area contributed by atoms with Gasteiger partial charge in [-0.2, -0.15) is 0 Å². The molecule has 0 N–H and O–H groups in total. The molecule has 2 aromatic heterocycles. The van der Waals surface area contributed by atoms with Crippen LogP contribution in [0.4, 0.5) is 0 Å². The molecule has 4 heteroatoms. The molecule has 0 atom stereocenters. The molecule has 0 amide bonds. The van der Waals surface area contributed by atoms with Crippen molar-refractivity contribution in [3.63, 3.8) is 0 Å². The van der Waals surface area contributed by atoms with Gasteiger partial charge in [-0.15, -0.1) is 0 Å². The lowest BCUT2D eigenvalue weighted by Crippen LogP contribution is -1.94. The second kappa shape index (κ2) is 5.97. The van der Waals surface area contributed by atoms with Crippen molar-refractivity contribution in [1.82, 2.24) is 14.5 Å². The molecule has 0 aliphatic heterocycles. The van der Waals surface area contributed by atoms with E-state index in [-0.39, 0.29) is 0 Å². The van der Waals surface area contributed by atoms with Crippen molar-refractivity contribution in [3.05, 3.63) is 90.3 Å². The summed E-state index contributed by atoms with van der Waals surface area (Å²) in [5, 5.41) is 1.75. The summed E-state index contributed by atoms with van der Waals surface area (Å²) in [6.45, 7) is 0. The third-order valence-corrected chi connectivity index (χ3v) is 4.91. The van der Waals surface area contributed by atoms with Gasteiger partial charge >= 0.3 is 0 Å². The van der Waals surface area contributed by atoms with E-state index in [9.17, 15) is 0 Å². The minimum Gasteiger partial charge on any atom is -0.297 e. The monoisotopic (exact) mass is 355 g/mol. The van der Waals surface area contributed by atoms with Gasteiger partial charge in [0, 0.05) is 5.39 Å². The number of hydrogen-bond donors (Lipinski definition) is 0. The van der Waals surface area contributed by atoms with E-state index < -0.39 is 0 Å². The SMILES string of the molecule is Clc1ccccc1-n1cnc2cnc3ccc(-c4ccccc4)cc3c21. The second-order valence-corrected chi connectivity index (χ2v) is 6.56. The summed E-state index contributed by atoms with van der Waals surface area (Å²) in [6, 6.07) is 24.5. The van der Waals surface area contributed by atoms with Crippen LogP contribution in [0, 0.1) is 0 Å². The Kier molecular flexibility index (Phi) is 3.47. The van der Waals surface area contributed by atoms with E-state index >= 15 is 0 Å². The molecule has 3 nitrogen and oxygen atoms in total. The molecule has 0 fully saturated rings. The first-order chi connectivity index (χ1) is 12.8. The van der Waals surface area contributed by atoms with Gasteiger partial charge in [-0.3, -0.25) is 9.55 Å². The fourth-order valence-corrected chi connectivity index (χ4v) is 3.56. The number of hydrogen-bond acceptors (Lipinski definition) is 2.